The number of carbonyl (C=O) groups excluding carboxylic acids is 1. The highest BCUT2D eigenvalue weighted by atomic mass is 79.9. The Morgan fingerprint density at radius 1 is 1.43 bits per heavy atom. The summed E-state index contributed by atoms with van der Waals surface area (Å²) in [7, 11) is 0. The fraction of sp³-hybridized carbons (Fsp3) is 0.385. The number of carbonyl (C=O) groups is 1. The van der Waals surface area contributed by atoms with E-state index in [0.717, 1.165) is 15.5 Å². The Morgan fingerprint density at radius 3 is 2.81 bits per heavy atom. The third-order valence-corrected chi connectivity index (χ3v) is 4.09. The van der Waals surface area contributed by atoms with E-state index < -0.39 is 0 Å². The van der Waals surface area contributed by atoms with Gasteiger partial charge < -0.3 is 9.88 Å². The highest BCUT2D eigenvalue weighted by Crippen LogP contribution is 2.21. The van der Waals surface area contributed by atoms with Crippen molar-refractivity contribution >= 4 is 39.4 Å². The predicted molar refractivity (Wildman–Crippen MR) is 86.4 cm³/mol. The van der Waals surface area contributed by atoms with Crippen LogP contribution < -0.4 is 5.32 Å². The highest BCUT2D eigenvalue weighted by molar-refractivity contribution is 9.10. The molecule has 2 aromatic rings. The molecular formula is C13H16BrN5OS. The van der Waals surface area contributed by atoms with Crippen LogP contribution in [0.4, 0.5) is 5.82 Å². The molecule has 0 aliphatic rings. The second-order valence-electron chi connectivity index (χ2n) is 4.69. The standard InChI is InChI=1S/C13H16BrN5OS/c1-8(2)19-9(3)17-18-13(19)21-7-12(20)16-11-5-4-10(14)6-15-11/h4-6,8H,7H2,1-3H3,(H,15,16,20). The summed E-state index contributed by atoms with van der Waals surface area (Å²) in [5, 5.41) is 11.7. The number of halogens is 1. The van der Waals surface area contributed by atoms with E-state index in [2.05, 4.69) is 50.3 Å². The summed E-state index contributed by atoms with van der Waals surface area (Å²) in [6, 6.07) is 3.83. The number of thioether (sulfide) groups is 1. The third kappa shape index (κ3) is 4.28. The van der Waals surface area contributed by atoms with Gasteiger partial charge in [-0.1, -0.05) is 11.8 Å². The molecule has 0 atom stereocenters. The van der Waals surface area contributed by atoms with Crippen molar-refractivity contribution in [2.24, 2.45) is 0 Å². The lowest BCUT2D eigenvalue weighted by atomic mass is 10.4. The van der Waals surface area contributed by atoms with Gasteiger partial charge >= 0.3 is 0 Å². The molecule has 0 saturated carbocycles. The van der Waals surface area contributed by atoms with Gasteiger partial charge in [0, 0.05) is 16.7 Å². The maximum absolute atomic E-state index is 11.9. The molecule has 0 bridgehead atoms. The zero-order valence-corrected chi connectivity index (χ0v) is 14.4. The minimum Gasteiger partial charge on any atom is -0.310 e. The molecule has 1 N–H and O–H groups in total. The van der Waals surface area contributed by atoms with Crippen molar-refractivity contribution in [2.45, 2.75) is 32.0 Å². The molecule has 0 radical (unpaired) electrons. The molecule has 0 aliphatic carbocycles. The Labute approximate surface area is 135 Å². The van der Waals surface area contributed by atoms with Gasteiger partial charge in [0.2, 0.25) is 5.91 Å². The lowest BCUT2D eigenvalue weighted by Gasteiger charge is -2.11. The molecule has 0 spiro atoms. The first-order valence-corrected chi connectivity index (χ1v) is 8.21. The molecular weight excluding hydrogens is 354 g/mol. The molecule has 0 saturated heterocycles. The first-order valence-electron chi connectivity index (χ1n) is 6.43. The van der Waals surface area contributed by atoms with Crippen LogP contribution in [0.25, 0.3) is 0 Å². The summed E-state index contributed by atoms with van der Waals surface area (Å²) in [5.41, 5.74) is 0. The van der Waals surface area contributed by atoms with Crippen molar-refractivity contribution in [3.8, 4) is 0 Å². The largest absolute Gasteiger partial charge is 0.310 e. The van der Waals surface area contributed by atoms with Gasteiger partial charge in [-0.05, 0) is 48.8 Å². The van der Waals surface area contributed by atoms with E-state index in [1.165, 1.54) is 11.8 Å². The normalized spacial score (nSPS) is 10.9. The van der Waals surface area contributed by atoms with Crippen LogP contribution in [0.15, 0.2) is 28.0 Å². The number of nitrogens with zero attached hydrogens (tertiary/aromatic N) is 4. The summed E-state index contributed by atoms with van der Waals surface area (Å²) in [6.45, 7) is 6.03. The van der Waals surface area contributed by atoms with Crippen molar-refractivity contribution in [2.75, 3.05) is 11.1 Å². The minimum atomic E-state index is -0.120. The molecule has 0 aliphatic heterocycles. The van der Waals surface area contributed by atoms with E-state index in [0.29, 0.717) is 5.82 Å². The molecule has 0 fully saturated rings. The molecule has 6 nitrogen and oxygen atoms in total. The van der Waals surface area contributed by atoms with Crippen molar-refractivity contribution in [1.82, 2.24) is 19.7 Å². The van der Waals surface area contributed by atoms with Crippen LogP contribution in [0, 0.1) is 6.92 Å². The predicted octanol–water partition coefficient (Wildman–Crippen LogP) is 3.06. The van der Waals surface area contributed by atoms with Crippen LogP contribution >= 0.6 is 27.7 Å². The topological polar surface area (TPSA) is 72.7 Å². The molecule has 2 aromatic heterocycles. The molecule has 1 amide bonds. The van der Waals surface area contributed by atoms with Crippen molar-refractivity contribution < 1.29 is 4.79 Å². The zero-order valence-electron chi connectivity index (χ0n) is 12.0. The average Bonchev–Trinajstić information content (AvgIpc) is 2.80. The number of nitrogens with one attached hydrogen (secondary N) is 1. The van der Waals surface area contributed by atoms with Crippen LogP contribution in [0.1, 0.15) is 25.7 Å². The molecule has 8 heteroatoms. The Kier molecular flexibility index (Phi) is 5.35. The van der Waals surface area contributed by atoms with E-state index in [1.807, 2.05) is 17.6 Å². The maximum atomic E-state index is 11.9. The highest BCUT2D eigenvalue weighted by Gasteiger charge is 2.14. The first-order chi connectivity index (χ1) is 9.97. The summed E-state index contributed by atoms with van der Waals surface area (Å²) < 4.78 is 2.88. The molecule has 2 heterocycles. The number of amides is 1. The van der Waals surface area contributed by atoms with Crippen LogP contribution in [0.2, 0.25) is 0 Å². The van der Waals surface area contributed by atoms with E-state index >= 15 is 0 Å². The van der Waals surface area contributed by atoms with Gasteiger partial charge in [-0.25, -0.2) is 4.98 Å². The second kappa shape index (κ2) is 7.04. The van der Waals surface area contributed by atoms with Gasteiger partial charge in [0.25, 0.3) is 0 Å². The lowest BCUT2D eigenvalue weighted by Crippen LogP contribution is -2.15. The van der Waals surface area contributed by atoms with E-state index in [-0.39, 0.29) is 17.7 Å². The van der Waals surface area contributed by atoms with Gasteiger partial charge in [0.1, 0.15) is 11.6 Å². The SMILES string of the molecule is Cc1nnc(SCC(=O)Nc2ccc(Br)cn2)n1C(C)C. The van der Waals surface area contributed by atoms with Crippen molar-refractivity contribution in [3.63, 3.8) is 0 Å². The van der Waals surface area contributed by atoms with Gasteiger partial charge in [-0.3, -0.25) is 4.79 Å². The third-order valence-electron chi connectivity index (χ3n) is 2.68. The van der Waals surface area contributed by atoms with Crippen molar-refractivity contribution in [1.29, 1.82) is 0 Å². The number of anilines is 1. The van der Waals surface area contributed by atoms with Gasteiger partial charge in [-0.15, -0.1) is 10.2 Å². The van der Waals surface area contributed by atoms with Crippen molar-refractivity contribution in [3.05, 3.63) is 28.6 Å². The summed E-state index contributed by atoms with van der Waals surface area (Å²) in [4.78, 5) is 16.0. The fourth-order valence-electron chi connectivity index (χ4n) is 1.80. The monoisotopic (exact) mass is 369 g/mol. The van der Waals surface area contributed by atoms with Gasteiger partial charge in [0.05, 0.1) is 5.75 Å². The quantitative estimate of drug-likeness (QED) is 0.819. The molecule has 0 aromatic carbocycles. The first kappa shape index (κ1) is 16.0. The van der Waals surface area contributed by atoms with E-state index in [1.54, 1.807) is 12.3 Å². The van der Waals surface area contributed by atoms with Crippen LogP contribution in [-0.2, 0) is 4.79 Å². The summed E-state index contributed by atoms with van der Waals surface area (Å²) >= 11 is 4.67. The number of aromatic nitrogens is 4. The number of pyridine rings is 1. The molecule has 0 unspecified atom stereocenters. The average molecular weight is 370 g/mol. The summed E-state index contributed by atoms with van der Waals surface area (Å²) in [5.74, 6) is 1.53. The molecule has 2 rings (SSSR count). The Balaban J connectivity index is 1.94. The van der Waals surface area contributed by atoms with Gasteiger partial charge in [0.15, 0.2) is 5.16 Å². The van der Waals surface area contributed by atoms with Crippen LogP contribution in [0.3, 0.4) is 0 Å². The van der Waals surface area contributed by atoms with E-state index in [9.17, 15) is 4.79 Å². The lowest BCUT2D eigenvalue weighted by molar-refractivity contribution is -0.113. The van der Waals surface area contributed by atoms with Gasteiger partial charge in [-0.2, -0.15) is 0 Å². The molecule has 21 heavy (non-hydrogen) atoms. The number of hydrogen-bond acceptors (Lipinski definition) is 5. The van der Waals surface area contributed by atoms with E-state index in [4.69, 9.17) is 0 Å². The number of aryl methyl sites for hydroxylation is 1. The fourth-order valence-corrected chi connectivity index (χ4v) is 2.95. The Hall–Kier alpha value is -1.41. The number of hydrogen-bond donors (Lipinski definition) is 1. The second-order valence-corrected chi connectivity index (χ2v) is 6.55. The van der Waals surface area contributed by atoms with Crippen LogP contribution in [-0.4, -0.2) is 31.4 Å². The Bertz CT molecular complexity index is 626. The minimum absolute atomic E-state index is 0.120. The Morgan fingerprint density at radius 2 is 2.19 bits per heavy atom. The summed E-state index contributed by atoms with van der Waals surface area (Å²) in [6.07, 6.45) is 1.64. The maximum Gasteiger partial charge on any atom is 0.236 e. The zero-order chi connectivity index (χ0) is 15.4. The molecule has 112 valence electrons. The smallest absolute Gasteiger partial charge is 0.236 e. The van der Waals surface area contributed by atoms with Crippen LogP contribution in [0.5, 0.6) is 0 Å². The number of rotatable bonds is 5.